The predicted octanol–water partition coefficient (Wildman–Crippen LogP) is 3.70. The van der Waals surface area contributed by atoms with Crippen LogP contribution in [-0.4, -0.2) is 24.1 Å². The highest BCUT2D eigenvalue weighted by atomic mass is 16.5. The zero-order valence-electron chi connectivity index (χ0n) is 14.3. The Morgan fingerprint density at radius 2 is 1.92 bits per heavy atom. The Morgan fingerprint density at radius 3 is 2.67 bits per heavy atom. The number of ether oxygens (including phenoxy) is 1. The van der Waals surface area contributed by atoms with Crippen LogP contribution in [-0.2, 0) is 6.54 Å². The third kappa shape index (κ3) is 3.27. The summed E-state index contributed by atoms with van der Waals surface area (Å²) in [5, 5.41) is 4.12. The summed E-state index contributed by atoms with van der Waals surface area (Å²) in [6.45, 7) is 5.38. The van der Waals surface area contributed by atoms with E-state index in [0.29, 0.717) is 12.1 Å². The Bertz CT molecular complexity index is 880. The second kappa shape index (κ2) is 6.79. The number of nitrogens with one attached hydrogen (secondary N) is 1. The summed E-state index contributed by atoms with van der Waals surface area (Å²) in [5.41, 5.74) is 4.17. The molecule has 2 aromatic carbocycles. The van der Waals surface area contributed by atoms with Gasteiger partial charge in [-0.05, 0) is 61.4 Å². The maximum atomic E-state index is 12.2. The van der Waals surface area contributed by atoms with Crippen molar-refractivity contribution in [3.63, 3.8) is 0 Å². The van der Waals surface area contributed by atoms with E-state index in [9.17, 15) is 4.79 Å². The molecule has 3 aromatic rings. The third-order valence-corrected chi connectivity index (χ3v) is 4.39. The molecule has 0 aliphatic heterocycles. The number of carbonyl (C=O) groups excluding carboxylic acids is 1. The SMILES string of the molecule is COc1ccc2c(ccn2CCNC(=O)c2ccc(C)c(C)c2)c1. The van der Waals surface area contributed by atoms with E-state index < -0.39 is 0 Å². The van der Waals surface area contributed by atoms with Gasteiger partial charge in [0.05, 0.1) is 7.11 Å². The lowest BCUT2D eigenvalue weighted by Gasteiger charge is -2.09. The minimum atomic E-state index is -0.0313. The Morgan fingerprint density at radius 1 is 1.08 bits per heavy atom. The molecule has 1 aromatic heterocycles. The van der Waals surface area contributed by atoms with E-state index in [4.69, 9.17) is 4.74 Å². The molecular weight excluding hydrogens is 300 g/mol. The minimum Gasteiger partial charge on any atom is -0.497 e. The molecule has 0 spiro atoms. The van der Waals surface area contributed by atoms with Gasteiger partial charge in [0.1, 0.15) is 5.75 Å². The van der Waals surface area contributed by atoms with Crippen molar-refractivity contribution in [3.05, 3.63) is 65.4 Å². The summed E-state index contributed by atoms with van der Waals surface area (Å²) in [5.74, 6) is 0.819. The molecule has 0 saturated carbocycles. The van der Waals surface area contributed by atoms with Crippen LogP contribution in [0.3, 0.4) is 0 Å². The fraction of sp³-hybridized carbons (Fsp3) is 0.250. The molecular formula is C20H22N2O2. The van der Waals surface area contributed by atoms with Crippen LogP contribution in [0, 0.1) is 13.8 Å². The number of aryl methyl sites for hydroxylation is 2. The van der Waals surface area contributed by atoms with Gasteiger partial charge in [-0.1, -0.05) is 6.07 Å². The van der Waals surface area contributed by atoms with Crippen LogP contribution >= 0.6 is 0 Å². The lowest BCUT2D eigenvalue weighted by Crippen LogP contribution is -2.27. The number of hydrogen-bond acceptors (Lipinski definition) is 2. The highest BCUT2D eigenvalue weighted by Crippen LogP contribution is 2.21. The molecule has 0 bridgehead atoms. The van der Waals surface area contributed by atoms with Crippen LogP contribution < -0.4 is 10.1 Å². The second-order valence-electron chi connectivity index (χ2n) is 5.99. The number of benzene rings is 2. The molecule has 0 atom stereocenters. The number of amides is 1. The van der Waals surface area contributed by atoms with Gasteiger partial charge >= 0.3 is 0 Å². The van der Waals surface area contributed by atoms with Gasteiger partial charge in [-0.15, -0.1) is 0 Å². The smallest absolute Gasteiger partial charge is 0.251 e. The lowest BCUT2D eigenvalue weighted by molar-refractivity contribution is 0.0952. The van der Waals surface area contributed by atoms with Crippen molar-refractivity contribution in [1.29, 1.82) is 0 Å². The van der Waals surface area contributed by atoms with Crippen molar-refractivity contribution >= 4 is 16.8 Å². The van der Waals surface area contributed by atoms with Crippen LogP contribution in [0.2, 0.25) is 0 Å². The number of nitrogens with zero attached hydrogens (tertiary/aromatic N) is 1. The molecule has 3 rings (SSSR count). The topological polar surface area (TPSA) is 43.3 Å². The Hall–Kier alpha value is -2.75. The average molecular weight is 322 g/mol. The van der Waals surface area contributed by atoms with Crippen LogP contribution in [0.5, 0.6) is 5.75 Å². The molecule has 0 saturated heterocycles. The van der Waals surface area contributed by atoms with Crippen LogP contribution in [0.15, 0.2) is 48.7 Å². The quantitative estimate of drug-likeness (QED) is 0.778. The van der Waals surface area contributed by atoms with Crippen molar-refractivity contribution in [2.75, 3.05) is 13.7 Å². The first-order chi connectivity index (χ1) is 11.6. The molecule has 124 valence electrons. The van der Waals surface area contributed by atoms with E-state index in [-0.39, 0.29) is 5.91 Å². The summed E-state index contributed by atoms with van der Waals surface area (Å²) in [4.78, 5) is 12.2. The number of carbonyl (C=O) groups is 1. The largest absolute Gasteiger partial charge is 0.497 e. The van der Waals surface area contributed by atoms with Crippen molar-refractivity contribution in [3.8, 4) is 5.75 Å². The molecule has 4 heteroatoms. The Balaban J connectivity index is 1.64. The van der Waals surface area contributed by atoms with Gasteiger partial charge in [0.25, 0.3) is 5.91 Å². The zero-order valence-corrected chi connectivity index (χ0v) is 14.3. The average Bonchev–Trinajstić information content (AvgIpc) is 2.99. The maximum Gasteiger partial charge on any atom is 0.251 e. The fourth-order valence-corrected chi connectivity index (χ4v) is 2.77. The van der Waals surface area contributed by atoms with Crippen molar-refractivity contribution in [1.82, 2.24) is 9.88 Å². The summed E-state index contributed by atoms with van der Waals surface area (Å²) in [7, 11) is 1.67. The maximum absolute atomic E-state index is 12.2. The number of fused-ring (bicyclic) bond motifs is 1. The summed E-state index contributed by atoms with van der Waals surface area (Å²) >= 11 is 0. The molecule has 1 amide bonds. The van der Waals surface area contributed by atoms with Gasteiger partial charge in [-0.25, -0.2) is 0 Å². The highest BCUT2D eigenvalue weighted by molar-refractivity contribution is 5.94. The van der Waals surface area contributed by atoms with E-state index in [2.05, 4.69) is 16.0 Å². The predicted molar refractivity (Wildman–Crippen MR) is 96.7 cm³/mol. The number of methoxy groups -OCH3 is 1. The standard InChI is InChI=1S/C20H22N2O2/c1-14-4-5-17(12-15(14)2)20(23)21-9-11-22-10-8-16-13-18(24-3)6-7-19(16)22/h4-8,10,12-13H,9,11H2,1-3H3,(H,21,23). The van der Waals surface area contributed by atoms with Crippen molar-refractivity contribution in [2.45, 2.75) is 20.4 Å². The zero-order chi connectivity index (χ0) is 17.1. The van der Waals surface area contributed by atoms with Gasteiger partial charge in [-0.3, -0.25) is 4.79 Å². The lowest BCUT2D eigenvalue weighted by atomic mass is 10.1. The molecule has 0 aliphatic rings. The van der Waals surface area contributed by atoms with E-state index >= 15 is 0 Å². The first-order valence-electron chi connectivity index (χ1n) is 8.07. The molecule has 0 fully saturated rings. The Labute approximate surface area is 142 Å². The van der Waals surface area contributed by atoms with E-state index in [0.717, 1.165) is 28.8 Å². The summed E-state index contributed by atoms with van der Waals surface area (Å²) in [6, 6.07) is 13.8. The molecule has 4 nitrogen and oxygen atoms in total. The highest BCUT2D eigenvalue weighted by Gasteiger charge is 2.07. The van der Waals surface area contributed by atoms with E-state index in [1.165, 1.54) is 5.56 Å². The van der Waals surface area contributed by atoms with Crippen molar-refractivity contribution < 1.29 is 9.53 Å². The molecule has 1 N–H and O–H groups in total. The minimum absolute atomic E-state index is 0.0313. The van der Waals surface area contributed by atoms with E-state index in [1.807, 2.05) is 56.4 Å². The first kappa shape index (κ1) is 16.1. The van der Waals surface area contributed by atoms with Gasteiger partial charge in [0.2, 0.25) is 0 Å². The van der Waals surface area contributed by atoms with Crippen molar-refractivity contribution in [2.24, 2.45) is 0 Å². The van der Waals surface area contributed by atoms with Gasteiger partial charge in [-0.2, -0.15) is 0 Å². The molecule has 0 unspecified atom stereocenters. The van der Waals surface area contributed by atoms with Gasteiger partial charge in [0.15, 0.2) is 0 Å². The molecule has 0 aliphatic carbocycles. The number of rotatable bonds is 5. The molecule has 24 heavy (non-hydrogen) atoms. The number of hydrogen-bond donors (Lipinski definition) is 1. The van der Waals surface area contributed by atoms with E-state index in [1.54, 1.807) is 7.11 Å². The summed E-state index contributed by atoms with van der Waals surface area (Å²) < 4.78 is 7.38. The normalized spacial score (nSPS) is 10.8. The van der Waals surface area contributed by atoms with Crippen LogP contribution in [0.4, 0.5) is 0 Å². The Kier molecular flexibility index (Phi) is 4.56. The number of aromatic nitrogens is 1. The van der Waals surface area contributed by atoms with Gasteiger partial charge < -0.3 is 14.6 Å². The van der Waals surface area contributed by atoms with Gasteiger partial charge in [0, 0.05) is 35.8 Å². The second-order valence-corrected chi connectivity index (χ2v) is 5.99. The van der Waals surface area contributed by atoms with Crippen LogP contribution in [0.25, 0.3) is 10.9 Å². The summed E-state index contributed by atoms with van der Waals surface area (Å²) in [6.07, 6.45) is 2.03. The first-order valence-corrected chi connectivity index (χ1v) is 8.07. The fourth-order valence-electron chi connectivity index (χ4n) is 2.77. The van der Waals surface area contributed by atoms with Crippen LogP contribution in [0.1, 0.15) is 21.5 Å². The molecule has 1 heterocycles. The monoisotopic (exact) mass is 322 g/mol. The third-order valence-electron chi connectivity index (χ3n) is 4.39. The molecule has 0 radical (unpaired) electrons.